The lowest BCUT2D eigenvalue weighted by atomic mass is 9.85. The fourth-order valence-electron chi connectivity index (χ4n) is 3.35. The Balaban J connectivity index is 1.81. The Hall–Kier alpha value is -1.31. The second-order valence-electron chi connectivity index (χ2n) is 5.80. The van der Waals surface area contributed by atoms with E-state index in [9.17, 15) is 4.79 Å². The number of hydrogen-bond acceptors (Lipinski definition) is 2. The van der Waals surface area contributed by atoms with Gasteiger partial charge in [0.15, 0.2) is 5.78 Å². The number of fused-ring (bicyclic) bond motifs is 1. The maximum Gasteiger partial charge on any atom is 0.169 e. The van der Waals surface area contributed by atoms with Gasteiger partial charge < -0.3 is 4.74 Å². The van der Waals surface area contributed by atoms with Crippen molar-refractivity contribution in [3.05, 3.63) is 29.3 Å². The maximum atomic E-state index is 12.7. The molecule has 0 N–H and O–H groups in total. The largest absolute Gasteiger partial charge is 0.492 e. The number of carbonyl (C=O) groups is 1. The number of rotatable bonds is 2. The Morgan fingerprint density at radius 1 is 1.05 bits per heavy atom. The zero-order valence-electron chi connectivity index (χ0n) is 11.5. The second-order valence-corrected chi connectivity index (χ2v) is 5.80. The summed E-state index contributed by atoms with van der Waals surface area (Å²) in [6.07, 6.45) is 9.37. The normalized spacial score (nSPS) is 20.2. The third-order valence-corrected chi connectivity index (χ3v) is 4.46. The van der Waals surface area contributed by atoms with E-state index >= 15 is 0 Å². The molecule has 0 saturated heterocycles. The lowest BCUT2D eigenvalue weighted by molar-refractivity contribution is 0.0895. The summed E-state index contributed by atoms with van der Waals surface area (Å²) < 4.78 is 5.68. The predicted octanol–water partition coefficient (Wildman–Crippen LogP) is 4.16. The van der Waals surface area contributed by atoms with Crippen LogP contribution in [0.25, 0.3) is 0 Å². The highest BCUT2D eigenvalue weighted by Gasteiger charge is 2.26. The molecule has 0 amide bonds. The molecule has 0 unspecified atom stereocenters. The summed E-state index contributed by atoms with van der Waals surface area (Å²) in [5.41, 5.74) is 2.04. The molecule has 1 saturated carbocycles. The van der Waals surface area contributed by atoms with Gasteiger partial charge in [0.05, 0.1) is 12.2 Å². The molecule has 0 spiro atoms. The van der Waals surface area contributed by atoms with Crippen molar-refractivity contribution in [1.29, 1.82) is 0 Å². The minimum atomic E-state index is 0.219. The van der Waals surface area contributed by atoms with Crippen LogP contribution in [0.4, 0.5) is 0 Å². The monoisotopic (exact) mass is 258 g/mol. The van der Waals surface area contributed by atoms with Crippen LogP contribution in [0.2, 0.25) is 0 Å². The molecule has 19 heavy (non-hydrogen) atoms. The lowest BCUT2D eigenvalue weighted by Gasteiger charge is -2.19. The first-order chi connectivity index (χ1) is 9.36. The SMILES string of the molecule is O=C(c1cccc2c1OCC2)C1CCCCCCC1. The van der Waals surface area contributed by atoms with Crippen molar-refractivity contribution in [2.24, 2.45) is 5.92 Å². The molecular formula is C17H22O2. The number of ether oxygens (including phenoxy) is 1. The van der Waals surface area contributed by atoms with Crippen molar-refractivity contribution in [1.82, 2.24) is 0 Å². The van der Waals surface area contributed by atoms with Gasteiger partial charge in [-0.05, 0) is 24.5 Å². The van der Waals surface area contributed by atoms with E-state index in [2.05, 4.69) is 6.07 Å². The van der Waals surface area contributed by atoms with E-state index in [1.165, 1.54) is 37.7 Å². The molecule has 0 atom stereocenters. The molecule has 0 bridgehead atoms. The van der Waals surface area contributed by atoms with Gasteiger partial charge in [-0.3, -0.25) is 4.79 Å². The number of ketones is 1. The van der Waals surface area contributed by atoms with Gasteiger partial charge in [0.25, 0.3) is 0 Å². The van der Waals surface area contributed by atoms with Crippen LogP contribution in [0.3, 0.4) is 0 Å². The first-order valence-corrected chi connectivity index (χ1v) is 7.65. The van der Waals surface area contributed by atoms with Gasteiger partial charge in [-0.2, -0.15) is 0 Å². The number of carbonyl (C=O) groups excluding carboxylic acids is 1. The minimum Gasteiger partial charge on any atom is -0.492 e. The fourth-order valence-corrected chi connectivity index (χ4v) is 3.35. The predicted molar refractivity (Wildman–Crippen MR) is 75.8 cm³/mol. The van der Waals surface area contributed by atoms with Crippen LogP contribution in [0.15, 0.2) is 18.2 Å². The molecule has 1 fully saturated rings. The first-order valence-electron chi connectivity index (χ1n) is 7.65. The Kier molecular flexibility index (Phi) is 3.86. The molecule has 1 aliphatic heterocycles. The van der Waals surface area contributed by atoms with E-state index < -0.39 is 0 Å². The lowest BCUT2D eigenvalue weighted by Crippen LogP contribution is -2.17. The molecule has 2 aliphatic rings. The summed E-state index contributed by atoms with van der Waals surface area (Å²) in [6, 6.07) is 6.03. The highest BCUT2D eigenvalue weighted by Crippen LogP contribution is 2.33. The molecule has 2 heteroatoms. The van der Waals surface area contributed by atoms with Gasteiger partial charge in [-0.25, -0.2) is 0 Å². The molecule has 1 heterocycles. The number of hydrogen-bond donors (Lipinski definition) is 0. The second kappa shape index (κ2) is 5.77. The van der Waals surface area contributed by atoms with Crippen molar-refractivity contribution in [2.45, 2.75) is 51.4 Å². The zero-order valence-corrected chi connectivity index (χ0v) is 11.5. The molecular weight excluding hydrogens is 236 g/mol. The summed E-state index contributed by atoms with van der Waals surface area (Å²) in [7, 11) is 0. The van der Waals surface area contributed by atoms with E-state index in [0.29, 0.717) is 5.78 Å². The van der Waals surface area contributed by atoms with Crippen molar-refractivity contribution in [2.75, 3.05) is 6.61 Å². The minimum absolute atomic E-state index is 0.219. The van der Waals surface area contributed by atoms with Crippen LogP contribution in [0, 0.1) is 5.92 Å². The summed E-state index contributed by atoms with van der Waals surface area (Å²) in [5.74, 6) is 1.41. The number of para-hydroxylation sites is 1. The van der Waals surface area contributed by atoms with Crippen molar-refractivity contribution in [3.63, 3.8) is 0 Å². The maximum absolute atomic E-state index is 12.7. The van der Waals surface area contributed by atoms with E-state index in [0.717, 1.165) is 37.2 Å². The van der Waals surface area contributed by atoms with Gasteiger partial charge in [0.2, 0.25) is 0 Å². The van der Waals surface area contributed by atoms with Crippen LogP contribution in [-0.4, -0.2) is 12.4 Å². The van der Waals surface area contributed by atoms with Crippen LogP contribution in [0.1, 0.15) is 60.9 Å². The molecule has 1 aliphatic carbocycles. The summed E-state index contributed by atoms with van der Waals surface area (Å²) in [6.45, 7) is 0.726. The van der Waals surface area contributed by atoms with Crippen LogP contribution in [-0.2, 0) is 6.42 Å². The van der Waals surface area contributed by atoms with E-state index in [-0.39, 0.29) is 5.92 Å². The van der Waals surface area contributed by atoms with Gasteiger partial charge >= 0.3 is 0 Å². The third-order valence-electron chi connectivity index (χ3n) is 4.46. The van der Waals surface area contributed by atoms with E-state index in [1.54, 1.807) is 0 Å². The van der Waals surface area contributed by atoms with Crippen LogP contribution < -0.4 is 4.74 Å². The standard InChI is InChI=1S/C17H22O2/c18-16(13-7-4-2-1-3-5-8-13)15-10-6-9-14-11-12-19-17(14)15/h6,9-10,13H,1-5,7-8,11-12H2. The molecule has 1 aromatic rings. The average molecular weight is 258 g/mol. The highest BCUT2D eigenvalue weighted by atomic mass is 16.5. The summed E-state index contributed by atoms with van der Waals surface area (Å²) >= 11 is 0. The third kappa shape index (κ3) is 2.68. The van der Waals surface area contributed by atoms with E-state index in [1.807, 2.05) is 12.1 Å². The van der Waals surface area contributed by atoms with Crippen LogP contribution >= 0.6 is 0 Å². The van der Waals surface area contributed by atoms with Crippen molar-refractivity contribution >= 4 is 5.78 Å². The summed E-state index contributed by atoms with van der Waals surface area (Å²) in [5, 5.41) is 0. The molecule has 2 nitrogen and oxygen atoms in total. The van der Waals surface area contributed by atoms with Gasteiger partial charge in [-0.15, -0.1) is 0 Å². The topological polar surface area (TPSA) is 26.3 Å². The van der Waals surface area contributed by atoms with Crippen molar-refractivity contribution in [3.8, 4) is 5.75 Å². The fraction of sp³-hybridized carbons (Fsp3) is 0.588. The Morgan fingerprint density at radius 3 is 2.58 bits per heavy atom. The van der Waals surface area contributed by atoms with Gasteiger partial charge in [0, 0.05) is 12.3 Å². The molecule has 0 aromatic heterocycles. The first kappa shape index (κ1) is 12.7. The Labute approximate surface area is 115 Å². The number of Topliss-reactive ketones (excluding diaryl/α,β-unsaturated/α-hetero) is 1. The summed E-state index contributed by atoms with van der Waals surface area (Å²) in [4.78, 5) is 12.7. The molecule has 1 aromatic carbocycles. The Morgan fingerprint density at radius 2 is 1.79 bits per heavy atom. The highest BCUT2D eigenvalue weighted by molar-refractivity contribution is 6.00. The van der Waals surface area contributed by atoms with E-state index in [4.69, 9.17) is 4.74 Å². The zero-order chi connectivity index (χ0) is 13.1. The van der Waals surface area contributed by atoms with Crippen LogP contribution in [0.5, 0.6) is 5.75 Å². The molecule has 102 valence electrons. The molecule has 3 rings (SSSR count). The number of benzene rings is 1. The van der Waals surface area contributed by atoms with Crippen molar-refractivity contribution < 1.29 is 9.53 Å². The molecule has 0 radical (unpaired) electrons. The smallest absolute Gasteiger partial charge is 0.169 e. The quantitative estimate of drug-likeness (QED) is 0.744. The van der Waals surface area contributed by atoms with Gasteiger partial charge in [-0.1, -0.05) is 44.2 Å². The average Bonchev–Trinajstić information content (AvgIpc) is 2.85. The Bertz CT molecular complexity index is 456. The van der Waals surface area contributed by atoms with Gasteiger partial charge in [0.1, 0.15) is 5.75 Å².